The molecule has 0 aliphatic carbocycles. The fourth-order valence-corrected chi connectivity index (χ4v) is 1.66. The first-order valence-corrected chi connectivity index (χ1v) is 5.24. The molecular weight excluding hydrogens is 186 g/mol. The summed E-state index contributed by atoms with van der Waals surface area (Å²) in [7, 11) is 0. The number of anilines is 1. The highest BCUT2D eigenvalue weighted by molar-refractivity contribution is 5.57. The van der Waals surface area contributed by atoms with Gasteiger partial charge < -0.3 is 4.90 Å². The lowest BCUT2D eigenvalue weighted by atomic mass is 10.1. The number of aryl methyl sites for hydroxylation is 1. The molecular formula is C12H17N3. The zero-order valence-corrected chi connectivity index (χ0v) is 9.78. The van der Waals surface area contributed by atoms with Crippen LogP contribution in [0.25, 0.3) is 0 Å². The standard InChI is InChI=1S/C12H17N3/c1-5-15(9(2)3)12-11(8-13)10(4)6-7-14-12/h6-7,9H,5H2,1-4H3. The van der Waals surface area contributed by atoms with Crippen molar-refractivity contribution < 1.29 is 0 Å². The highest BCUT2D eigenvalue weighted by atomic mass is 15.2. The molecule has 1 aromatic heterocycles. The van der Waals surface area contributed by atoms with Crippen LogP contribution in [0.1, 0.15) is 31.9 Å². The average Bonchev–Trinajstić information content (AvgIpc) is 2.18. The second kappa shape index (κ2) is 4.79. The van der Waals surface area contributed by atoms with Crippen LogP contribution in [0.5, 0.6) is 0 Å². The molecule has 0 aliphatic heterocycles. The van der Waals surface area contributed by atoms with E-state index in [-0.39, 0.29) is 0 Å². The van der Waals surface area contributed by atoms with Gasteiger partial charge in [0, 0.05) is 18.8 Å². The molecule has 0 radical (unpaired) electrons. The van der Waals surface area contributed by atoms with Gasteiger partial charge in [0.2, 0.25) is 0 Å². The minimum atomic E-state index is 0.358. The highest BCUT2D eigenvalue weighted by Gasteiger charge is 2.15. The number of aromatic nitrogens is 1. The van der Waals surface area contributed by atoms with Gasteiger partial charge in [-0.15, -0.1) is 0 Å². The van der Waals surface area contributed by atoms with Crippen molar-refractivity contribution in [3.63, 3.8) is 0 Å². The van der Waals surface area contributed by atoms with Crippen LogP contribution in [-0.2, 0) is 0 Å². The Morgan fingerprint density at radius 1 is 1.53 bits per heavy atom. The number of hydrogen-bond donors (Lipinski definition) is 0. The first-order chi connectivity index (χ1) is 7.11. The number of pyridine rings is 1. The summed E-state index contributed by atoms with van der Waals surface area (Å²) < 4.78 is 0. The molecule has 0 aliphatic rings. The van der Waals surface area contributed by atoms with E-state index in [1.165, 1.54) is 0 Å². The maximum atomic E-state index is 9.11. The van der Waals surface area contributed by atoms with E-state index in [2.05, 4.69) is 36.7 Å². The Balaban J connectivity index is 3.24. The van der Waals surface area contributed by atoms with Crippen molar-refractivity contribution in [2.24, 2.45) is 0 Å². The van der Waals surface area contributed by atoms with E-state index < -0.39 is 0 Å². The van der Waals surface area contributed by atoms with Gasteiger partial charge in [0.15, 0.2) is 0 Å². The first kappa shape index (κ1) is 11.5. The average molecular weight is 203 g/mol. The zero-order valence-electron chi connectivity index (χ0n) is 9.78. The molecule has 1 aromatic rings. The molecule has 0 unspecified atom stereocenters. The van der Waals surface area contributed by atoms with Gasteiger partial charge in [-0.1, -0.05) is 0 Å². The summed E-state index contributed by atoms with van der Waals surface area (Å²) in [5, 5.41) is 9.11. The Kier molecular flexibility index (Phi) is 3.68. The van der Waals surface area contributed by atoms with Gasteiger partial charge in [-0.3, -0.25) is 0 Å². The van der Waals surface area contributed by atoms with Gasteiger partial charge in [-0.25, -0.2) is 4.98 Å². The van der Waals surface area contributed by atoms with Crippen molar-refractivity contribution >= 4 is 5.82 Å². The molecule has 3 nitrogen and oxygen atoms in total. The summed E-state index contributed by atoms with van der Waals surface area (Å²) >= 11 is 0. The Hall–Kier alpha value is -1.56. The number of rotatable bonds is 3. The summed E-state index contributed by atoms with van der Waals surface area (Å²) in [5.41, 5.74) is 1.68. The van der Waals surface area contributed by atoms with E-state index in [4.69, 9.17) is 5.26 Å². The van der Waals surface area contributed by atoms with Crippen molar-refractivity contribution in [1.82, 2.24) is 4.98 Å². The molecule has 0 bridgehead atoms. The van der Waals surface area contributed by atoms with Crippen molar-refractivity contribution in [2.75, 3.05) is 11.4 Å². The van der Waals surface area contributed by atoms with Crippen LogP contribution < -0.4 is 4.90 Å². The van der Waals surface area contributed by atoms with Crippen LogP contribution in [0.2, 0.25) is 0 Å². The summed E-state index contributed by atoms with van der Waals surface area (Å²) in [5.74, 6) is 0.801. The van der Waals surface area contributed by atoms with Gasteiger partial charge >= 0.3 is 0 Å². The molecule has 0 N–H and O–H groups in total. The Labute approximate surface area is 91.4 Å². The maximum absolute atomic E-state index is 9.11. The van der Waals surface area contributed by atoms with Gasteiger partial charge in [0.1, 0.15) is 11.9 Å². The minimum absolute atomic E-state index is 0.358. The van der Waals surface area contributed by atoms with E-state index >= 15 is 0 Å². The van der Waals surface area contributed by atoms with E-state index in [0.29, 0.717) is 11.6 Å². The Morgan fingerprint density at radius 3 is 2.67 bits per heavy atom. The monoisotopic (exact) mass is 203 g/mol. The molecule has 3 heteroatoms. The molecule has 15 heavy (non-hydrogen) atoms. The number of nitrogens with zero attached hydrogens (tertiary/aromatic N) is 3. The first-order valence-electron chi connectivity index (χ1n) is 5.24. The molecule has 1 rings (SSSR count). The lowest BCUT2D eigenvalue weighted by molar-refractivity contribution is 0.692. The third-order valence-electron chi connectivity index (χ3n) is 2.49. The fourth-order valence-electron chi connectivity index (χ4n) is 1.66. The maximum Gasteiger partial charge on any atom is 0.146 e. The largest absolute Gasteiger partial charge is 0.353 e. The molecule has 0 saturated carbocycles. The van der Waals surface area contributed by atoms with Crippen LogP contribution in [0, 0.1) is 18.3 Å². The second-order valence-electron chi connectivity index (χ2n) is 3.82. The van der Waals surface area contributed by atoms with Crippen LogP contribution in [-0.4, -0.2) is 17.6 Å². The van der Waals surface area contributed by atoms with E-state index in [1.54, 1.807) is 6.20 Å². The van der Waals surface area contributed by atoms with Gasteiger partial charge in [-0.05, 0) is 39.3 Å². The molecule has 80 valence electrons. The Bertz CT molecular complexity index is 377. The van der Waals surface area contributed by atoms with Crippen LogP contribution in [0.3, 0.4) is 0 Å². The molecule has 0 spiro atoms. The van der Waals surface area contributed by atoms with Crippen molar-refractivity contribution in [3.05, 3.63) is 23.4 Å². The van der Waals surface area contributed by atoms with E-state index in [0.717, 1.165) is 17.9 Å². The van der Waals surface area contributed by atoms with Crippen molar-refractivity contribution in [1.29, 1.82) is 5.26 Å². The molecule has 0 fully saturated rings. The van der Waals surface area contributed by atoms with Gasteiger partial charge in [0.25, 0.3) is 0 Å². The number of hydrogen-bond acceptors (Lipinski definition) is 3. The lowest BCUT2D eigenvalue weighted by Crippen LogP contribution is -2.32. The zero-order chi connectivity index (χ0) is 11.4. The van der Waals surface area contributed by atoms with Crippen molar-refractivity contribution in [2.45, 2.75) is 33.7 Å². The predicted molar refractivity (Wildman–Crippen MR) is 61.8 cm³/mol. The smallest absolute Gasteiger partial charge is 0.146 e. The normalized spacial score (nSPS) is 10.1. The molecule has 0 aromatic carbocycles. The third-order valence-corrected chi connectivity index (χ3v) is 2.49. The van der Waals surface area contributed by atoms with E-state index in [1.807, 2.05) is 13.0 Å². The fraction of sp³-hybridized carbons (Fsp3) is 0.500. The molecule has 0 atom stereocenters. The summed E-state index contributed by atoms with van der Waals surface area (Å²) in [6.45, 7) is 9.09. The van der Waals surface area contributed by atoms with Crippen LogP contribution in [0.4, 0.5) is 5.82 Å². The second-order valence-corrected chi connectivity index (χ2v) is 3.82. The highest BCUT2D eigenvalue weighted by Crippen LogP contribution is 2.21. The van der Waals surface area contributed by atoms with Gasteiger partial charge in [0.05, 0.1) is 5.56 Å². The summed E-state index contributed by atoms with van der Waals surface area (Å²) in [6.07, 6.45) is 1.76. The summed E-state index contributed by atoms with van der Waals surface area (Å²) in [6, 6.07) is 4.46. The SMILES string of the molecule is CCN(c1nccc(C)c1C#N)C(C)C. The molecule has 0 saturated heterocycles. The predicted octanol–water partition coefficient (Wildman–Crippen LogP) is 2.50. The topological polar surface area (TPSA) is 39.9 Å². The Morgan fingerprint density at radius 2 is 2.20 bits per heavy atom. The van der Waals surface area contributed by atoms with Crippen LogP contribution in [0.15, 0.2) is 12.3 Å². The lowest BCUT2D eigenvalue weighted by Gasteiger charge is -2.27. The van der Waals surface area contributed by atoms with Crippen molar-refractivity contribution in [3.8, 4) is 6.07 Å². The number of nitriles is 1. The summed E-state index contributed by atoms with van der Waals surface area (Å²) in [4.78, 5) is 6.44. The van der Waals surface area contributed by atoms with Gasteiger partial charge in [-0.2, -0.15) is 5.26 Å². The minimum Gasteiger partial charge on any atom is -0.353 e. The van der Waals surface area contributed by atoms with E-state index in [9.17, 15) is 0 Å². The third kappa shape index (κ3) is 2.27. The quantitative estimate of drug-likeness (QED) is 0.757. The molecule has 1 heterocycles. The molecule has 0 amide bonds. The van der Waals surface area contributed by atoms with Crippen LogP contribution >= 0.6 is 0 Å².